The van der Waals surface area contributed by atoms with Crippen molar-refractivity contribution >= 4 is 16.0 Å². The highest BCUT2D eigenvalue weighted by Crippen LogP contribution is 2.19. The zero-order valence-electron chi connectivity index (χ0n) is 11.0. The van der Waals surface area contributed by atoms with E-state index in [1.54, 1.807) is 6.07 Å². The Morgan fingerprint density at radius 3 is 2.62 bits per heavy atom. The Morgan fingerprint density at radius 1 is 1.38 bits per heavy atom. The van der Waals surface area contributed by atoms with Crippen LogP contribution in [0.1, 0.15) is 29.0 Å². The molecule has 8 heteroatoms. The first-order chi connectivity index (χ1) is 9.81. The molecule has 0 bridgehead atoms. The first kappa shape index (κ1) is 15.2. The van der Waals surface area contributed by atoms with Crippen LogP contribution in [0.3, 0.4) is 0 Å². The molecular weight excluding hydrogens is 299 g/mol. The van der Waals surface area contributed by atoms with Gasteiger partial charge in [-0.25, -0.2) is 22.3 Å². The number of aromatic carboxylic acids is 1. The van der Waals surface area contributed by atoms with Crippen LogP contribution < -0.4 is 4.72 Å². The van der Waals surface area contributed by atoms with Crippen LogP contribution in [0, 0.1) is 5.82 Å². The van der Waals surface area contributed by atoms with Crippen molar-refractivity contribution in [3.8, 4) is 0 Å². The average molecular weight is 312 g/mol. The van der Waals surface area contributed by atoms with Gasteiger partial charge in [0.05, 0.1) is 0 Å². The number of benzene rings is 1. The van der Waals surface area contributed by atoms with Gasteiger partial charge in [0.2, 0.25) is 10.0 Å². The smallest absolute Gasteiger partial charge is 0.352 e. The molecule has 2 aromatic rings. The van der Waals surface area contributed by atoms with Crippen molar-refractivity contribution < 1.29 is 22.7 Å². The molecule has 0 aliphatic carbocycles. The summed E-state index contributed by atoms with van der Waals surface area (Å²) in [6.07, 6.45) is 1.07. The Bertz CT molecular complexity index is 770. The molecule has 0 saturated heterocycles. The number of carboxylic acid groups (broad SMARTS) is 1. The Morgan fingerprint density at radius 2 is 2.05 bits per heavy atom. The molecule has 3 N–H and O–H groups in total. The minimum absolute atomic E-state index is 0.204. The van der Waals surface area contributed by atoms with Crippen LogP contribution in [0.2, 0.25) is 0 Å². The number of halogens is 1. The zero-order chi connectivity index (χ0) is 15.6. The predicted octanol–water partition coefficient (Wildman–Crippen LogP) is 1.89. The molecule has 0 aliphatic heterocycles. The van der Waals surface area contributed by atoms with Crippen molar-refractivity contribution in [3.63, 3.8) is 0 Å². The predicted molar refractivity (Wildman–Crippen MR) is 72.9 cm³/mol. The number of aromatic amines is 1. The monoisotopic (exact) mass is 312 g/mol. The van der Waals surface area contributed by atoms with Crippen LogP contribution in [0.15, 0.2) is 41.4 Å². The standard InChI is InChI=1S/C13H13FN2O4S/c1-8(10-4-2-3-5-11(10)14)16-21(19,20)9-6-12(13(17)18)15-7-9/h2-8,15-16H,1H3,(H,17,18)/t8-/m1/s1. The van der Waals surface area contributed by atoms with Crippen LogP contribution in [-0.4, -0.2) is 24.5 Å². The van der Waals surface area contributed by atoms with Gasteiger partial charge in [-0.3, -0.25) is 0 Å². The van der Waals surface area contributed by atoms with Crippen LogP contribution in [0.5, 0.6) is 0 Å². The van der Waals surface area contributed by atoms with Gasteiger partial charge < -0.3 is 10.1 Å². The molecule has 1 heterocycles. The van der Waals surface area contributed by atoms with E-state index in [9.17, 15) is 17.6 Å². The van der Waals surface area contributed by atoms with Crippen LogP contribution in [0.4, 0.5) is 4.39 Å². The van der Waals surface area contributed by atoms with Crippen molar-refractivity contribution in [2.45, 2.75) is 17.9 Å². The van der Waals surface area contributed by atoms with Gasteiger partial charge >= 0.3 is 5.97 Å². The summed E-state index contributed by atoms with van der Waals surface area (Å²) in [5, 5.41) is 8.76. The largest absolute Gasteiger partial charge is 0.477 e. The molecule has 0 unspecified atom stereocenters. The highest BCUT2D eigenvalue weighted by atomic mass is 32.2. The summed E-state index contributed by atoms with van der Waals surface area (Å²) in [5.74, 6) is -1.79. The number of nitrogens with one attached hydrogen (secondary N) is 2. The summed E-state index contributed by atoms with van der Waals surface area (Å²) in [6.45, 7) is 1.50. The van der Waals surface area contributed by atoms with Gasteiger partial charge in [0.25, 0.3) is 0 Å². The SMILES string of the molecule is C[C@@H](NS(=O)(=O)c1c[nH]c(C(=O)O)c1)c1ccccc1F. The number of rotatable bonds is 5. The minimum Gasteiger partial charge on any atom is -0.477 e. The molecule has 1 aromatic heterocycles. The molecule has 0 spiro atoms. The summed E-state index contributed by atoms with van der Waals surface area (Å²) in [7, 11) is -3.95. The summed E-state index contributed by atoms with van der Waals surface area (Å²) in [6, 6.07) is 6.02. The summed E-state index contributed by atoms with van der Waals surface area (Å²) in [4.78, 5) is 12.9. The molecule has 0 fully saturated rings. The lowest BCUT2D eigenvalue weighted by Crippen LogP contribution is -2.27. The van der Waals surface area contributed by atoms with Crippen molar-refractivity contribution in [1.82, 2.24) is 9.71 Å². The van der Waals surface area contributed by atoms with Crippen molar-refractivity contribution in [2.24, 2.45) is 0 Å². The molecule has 0 amide bonds. The third-order valence-corrected chi connectivity index (χ3v) is 4.42. The van der Waals surface area contributed by atoms with E-state index in [0.29, 0.717) is 0 Å². The molecule has 2 rings (SSSR count). The third-order valence-electron chi connectivity index (χ3n) is 2.90. The molecule has 0 aliphatic rings. The number of H-pyrrole nitrogens is 1. The van der Waals surface area contributed by atoms with Gasteiger partial charge in [-0.15, -0.1) is 0 Å². The number of carboxylic acids is 1. The van der Waals surface area contributed by atoms with E-state index in [1.165, 1.54) is 25.1 Å². The minimum atomic E-state index is -3.95. The van der Waals surface area contributed by atoms with Crippen molar-refractivity contribution in [2.75, 3.05) is 0 Å². The second-order valence-corrected chi connectivity index (χ2v) is 6.13. The van der Waals surface area contributed by atoms with E-state index >= 15 is 0 Å². The first-order valence-electron chi connectivity index (χ1n) is 6.00. The molecule has 0 saturated carbocycles. The molecular formula is C13H13FN2O4S. The van der Waals surface area contributed by atoms with E-state index < -0.39 is 27.9 Å². The summed E-state index contributed by atoms with van der Waals surface area (Å²) < 4.78 is 40.1. The summed E-state index contributed by atoms with van der Waals surface area (Å²) in [5.41, 5.74) is -0.0380. The lowest BCUT2D eigenvalue weighted by molar-refractivity contribution is 0.0691. The van der Waals surface area contributed by atoms with E-state index in [0.717, 1.165) is 12.3 Å². The lowest BCUT2D eigenvalue weighted by Gasteiger charge is -2.14. The third kappa shape index (κ3) is 3.29. The van der Waals surface area contributed by atoms with Crippen LogP contribution in [0.25, 0.3) is 0 Å². The van der Waals surface area contributed by atoms with Gasteiger partial charge in [0.15, 0.2) is 0 Å². The topological polar surface area (TPSA) is 99.3 Å². The fourth-order valence-electron chi connectivity index (χ4n) is 1.84. The van der Waals surface area contributed by atoms with Crippen molar-refractivity contribution in [3.05, 3.63) is 53.6 Å². The Balaban J connectivity index is 2.24. The fourth-order valence-corrected chi connectivity index (χ4v) is 3.06. The zero-order valence-corrected chi connectivity index (χ0v) is 11.8. The van der Waals surface area contributed by atoms with Gasteiger partial charge in [-0.2, -0.15) is 0 Å². The molecule has 6 nitrogen and oxygen atoms in total. The maximum absolute atomic E-state index is 13.6. The summed E-state index contributed by atoms with van der Waals surface area (Å²) >= 11 is 0. The second kappa shape index (κ2) is 5.66. The van der Waals surface area contributed by atoms with Crippen LogP contribution >= 0.6 is 0 Å². The lowest BCUT2D eigenvalue weighted by atomic mass is 10.1. The Labute approximate surface area is 120 Å². The number of carbonyl (C=O) groups is 1. The highest BCUT2D eigenvalue weighted by Gasteiger charge is 2.22. The van der Waals surface area contributed by atoms with E-state index in [-0.39, 0.29) is 16.2 Å². The van der Waals surface area contributed by atoms with Gasteiger partial charge in [0, 0.05) is 17.8 Å². The van der Waals surface area contributed by atoms with E-state index in [2.05, 4.69) is 9.71 Å². The first-order valence-corrected chi connectivity index (χ1v) is 7.48. The normalized spacial score (nSPS) is 13.0. The maximum atomic E-state index is 13.6. The van der Waals surface area contributed by atoms with Gasteiger partial charge in [-0.1, -0.05) is 18.2 Å². The molecule has 112 valence electrons. The number of hydrogen-bond donors (Lipinski definition) is 3. The molecule has 0 radical (unpaired) electrons. The second-order valence-electron chi connectivity index (χ2n) is 4.42. The maximum Gasteiger partial charge on any atom is 0.352 e. The van der Waals surface area contributed by atoms with E-state index in [1.807, 2.05) is 0 Å². The van der Waals surface area contributed by atoms with Gasteiger partial charge in [-0.05, 0) is 19.1 Å². The highest BCUT2D eigenvalue weighted by molar-refractivity contribution is 7.89. The van der Waals surface area contributed by atoms with Crippen molar-refractivity contribution in [1.29, 1.82) is 0 Å². The fraction of sp³-hybridized carbons (Fsp3) is 0.154. The number of sulfonamides is 1. The molecule has 1 atom stereocenters. The average Bonchev–Trinajstić information content (AvgIpc) is 2.89. The Hall–Kier alpha value is -2.19. The van der Waals surface area contributed by atoms with Crippen LogP contribution in [-0.2, 0) is 10.0 Å². The molecule has 21 heavy (non-hydrogen) atoms. The van der Waals surface area contributed by atoms with Gasteiger partial charge in [0.1, 0.15) is 16.4 Å². The molecule has 1 aromatic carbocycles. The Kier molecular flexibility index (Phi) is 4.10. The number of hydrogen-bond acceptors (Lipinski definition) is 3. The quantitative estimate of drug-likeness (QED) is 0.785. The number of aromatic nitrogens is 1. The van der Waals surface area contributed by atoms with E-state index in [4.69, 9.17) is 5.11 Å².